The van der Waals surface area contributed by atoms with Crippen molar-refractivity contribution in [3.8, 4) is 6.07 Å². The van der Waals surface area contributed by atoms with Crippen LogP contribution in [0.25, 0.3) is 0 Å². The van der Waals surface area contributed by atoms with Crippen LogP contribution in [0.3, 0.4) is 0 Å². The third kappa shape index (κ3) is 4.20. The molecule has 0 unspecified atom stereocenters. The number of nitrogens with one attached hydrogen (secondary N) is 1. The summed E-state index contributed by atoms with van der Waals surface area (Å²) >= 11 is 0. The summed E-state index contributed by atoms with van der Waals surface area (Å²) in [6.45, 7) is 0. The van der Waals surface area contributed by atoms with E-state index >= 15 is 0 Å². The van der Waals surface area contributed by atoms with Crippen LogP contribution in [0.15, 0.2) is 78.9 Å². The summed E-state index contributed by atoms with van der Waals surface area (Å²) in [7, 11) is 1.70. The van der Waals surface area contributed by atoms with E-state index in [0.717, 1.165) is 5.69 Å². The van der Waals surface area contributed by atoms with Crippen molar-refractivity contribution >= 4 is 23.2 Å². The SMILES string of the molecule is CN(C(=O)c1cccc(C(=O)Nc2ccc(C#N)cc2)c1)c1ccccc1. The highest BCUT2D eigenvalue weighted by atomic mass is 16.2. The van der Waals surface area contributed by atoms with Crippen LogP contribution in [0, 0.1) is 11.3 Å². The monoisotopic (exact) mass is 355 g/mol. The number of rotatable bonds is 4. The Kier molecular flexibility index (Phi) is 5.29. The Morgan fingerprint density at radius 2 is 1.56 bits per heavy atom. The molecule has 0 atom stereocenters. The molecule has 3 aromatic carbocycles. The molecule has 1 N–H and O–H groups in total. The van der Waals surface area contributed by atoms with E-state index in [2.05, 4.69) is 5.32 Å². The summed E-state index contributed by atoms with van der Waals surface area (Å²) < 4.78 is 0. The second kappa shape index (κ2) is 7.98. The van der Waals surface area contributed by atoms with Gasteiger partial charge in [-0.3, -0.25) is 9.59 Å². The Balaban J connectivity index is 1.77. The summed E-state index contributed by atoms with van der Waals surface area (Å²) in [6, 6.07) is 24.5. The highest BCUT2D eigenvalue weighted by molar-refractivity contribution is 6.09. The molecule has 3 aromatic rings. The van der Waals surface area contributed by atoms with Gasteiger partial charge in [0, 0.05) is 29.5 Å². The number of carbonyl (C=O) groups excluding carboxylic acids is 2. The van der Waals surface area contributed by atoms with E-state index in [-0.39, 0.29) is 11.8 Å². The molecule has 132 valence electrons. The van der Waals surface area contributed by atoms with Crippen LogP contribution in [0.1, 0.15) is 26.3 Å². The molecule has 0 saturated heterocycles. The van der Waals surface area contributed by atoms with E-state index in [4.69, 9.17) is 5.26 Å². The minimum atomic E-state index is -0.322. The number of benzene rings is 3. The van der Waals surface area contributed by atoms with Gasteiger partial charge in [0.25, 0.3) is 11.8 Å². The summed E-state index contributed by atoms with van der Waals surface area (Å²) in [5, 5.41) is 11.6. The van der Waals surface area contributed by atoms with Gasteiger partial charge in [-0.05, 0) is 54.6 Å². The lowest BCUT2D eigenvalue weighted by atomic mass is 10.1. The normalized spacial score (nSPS) is 9.93. The minimum Gasteiger partial charge on any atom is -0.322 e. The van der Waals surface area contributed by atoms with Gasteiger partial charge in [-0.25, -0.2) is 0 Å². The molecule has 0 radical (unpaired) electrons. The lowest BCUT2D eigenvalue weighted by molar-refractivity contribution is 0.0993. The zero-order valence-corrected chi connectivity index (χ0v) is 14.7. The number of para-hydroxylation sites is 1. The third-order valence-corrected chi connectivity index (χ3v) is 4.09. The van der Waals surface area contributed by atoms with Crippen LogP contribution < -0.4 is 10.2 Å². The molecule has 5 heteroatoms. The zero-order valence-electron chi connectivity index (χ0n) is 14.7. The predicted molar refractivity (Wildman–Crippen MR) is 105 cm³/mol. The first-order valence-corrected chi connectivity index (χ1v) is 8.33. The van der Waals surface area contributed by atoms with E-state index in [9.17, 15) is 9.59 Å². The van der Waals surface area contributed by atoms with Crippen LogP contribution in [0.5, 0.6) is 0 Å². The summed E-state index contributed by atoms with van der Waals surface area (Å²) in [5.41, 5.74) is 2.68. The van der Waals surface area contributed by atoms with Gasteiger partial charge in [0.05, 0.1) is 11.6 Å². The molecule has 5 nitrogen and oxygen atoms in total. The molecule has 0 spiro atoms. The number of nitriles is 1. The molecular weight excluding hydrogens is 338 g/mol. The second-order valence-corrected chi connectivity index (χ2v) is 5.92. The molecule has 3 rings (SSSR count). The van der Waals surface area contributed by atoms with Crippen LogP contribution >= 0.6 is 0 Å². The van der Waals surface area contributed by atoms with Crippen molar-refractivity contribution in [3.05, 3.63) is 95.6 Å². The predicted octanol–water partition coefficient (Wildman–Crippen LogP) is 4.09. The van der Waals surface area contributed by atoms with E-state index in [0.29, 0.717) is 22.4 Å². The Labute approximate surface area is 157 Å². The number of anilines is 2. The van der Waals surface area contributed by atoms with Crippen molar-refractivity contribution in [2.45, 2.75) is 0 Å². The summed E-state index contributed by atoms with van der Waals surface area (Å²) in [6.07, 6.45) is 0. The number of amides is 2. The van der Waals surface area contributed by atoms with E-state index < -0.39 is 0 Å². The van der Waals surface area contributed by atoms with Crippen molar-refractivity contribution in [1.82, 2.24) is 0 Å². The molecule has 0 saturated carbocycles. The molecule has 0 heterocycles. The Morgan fingerprint density at radius 1 is 0.889 bits per heavy atom. The fourth-order valence-corrected chi connectivity index (χ4v) is 2.59. The molecule has 27 heavy (non-hydrogen) atoms. The quantitative estimate of drug-likeness (QED) is 0.766. The Morgan fingerprint density at radius 3 is 2.22 bits per heavy atom. The highest BCUT2D eigenvalue weighted by Crippen LogP contribution is 2.17. The standard InChI is InChI=1S/C22H17N3O2/c1-25(20-8-3-2-4-9-20)22(27)18-7-5-6-17(14-18)21(26)24-19-12-10-16(15-23)11-13-19/h2-14H,1H3,(H,24,26). The Bertz CT molecular complexity index is 1010. The van der Waals surface area contributed by atoms with Gasteiger partial charge >= 0.3 is 0 Å². The maximum Gasteiger partial charge on any atom is 0.258 e. The maximum atomic E-state index is 12.7. The number of nitrogens with zero attached hydrogens (tertiary/aromatic N) is 2. The van der Waals surface area contributed by atoms with Crippen LogP contribution in [-0.4, -0.2) is 18.9 Å². The third-order valence-electron chi connectivity index (χ3n) is 4.09. The highest BCUT2D eigenvalue weighted by Gasteiger charge is 2.15. The number of carbonyl (C=O) groups is 2. The van der Waals surface area contributed by atoms with Crippen molar-refractivity contribution in [2.24, 2.45) is 0 Å². The number of hydrogen-bond acceptors (Lipinski definition) is 3. The lowest BCUT2D eigenvalue weighted by Gasteiger charge is -2.17. The first-order valence-electron chi connectivity index (χ1n) is 8.33. The lowest BCUT2D eigenvalue weighted by Crippen LogP contribution is -2.26. The van der Waals surface area contributed by atoms with Crippen molar-refractivity contribution in [3.63, 3.8) is 0 Å². The maximum absolute atomic E-state index is 12.7. The first kappa shape index (κ1) is 17.9. The molecule has 0 aliphatic rings. The first-order chi connectivity index (χ1) is 13.1. The van der Waals surface area contributed by atoms with Gasteiger partial charge in [-0.2, -0.15) is 5.26 Å². The van der Waals surface area contributed by atoms with Gasteiger partial charge in [-0.15, -0.1) is 0 Å². The van der Waals surface area contributed by atoms with Crippen molar-refractivity contribution < 1.29 is 9.59 Å². The largest absolute Gasteiger partial charge is 0.322 e. The second-order valence-electron chi connectivity index (χ2n) is 5.92. The molecule has 2 amide bonds. The van der Waals surface area contributed by atoms with Gasteiger partial charge in [-0.1, -0.05) is 24.3 Å². The summed E-state index contributed by atoms with van der Waals surface area (Å²) in [4.78, 5) is 26.7. The fourth-order valence-electron chi connectivity index (χ4n) is 2.59. The van der Waals surface area contributed by atoms with Gasteiger partial charge in [0.2, 0.25) is 0 Å². The van der Waals surface area contributed by atoms with Crippen LogP contribution in [0.2, 0.25) is 0 Å². The molecular formula is C22H17N3O2. The van der Waals surface area contributed by atoms with E-state index in [1.54, 1.807) is 55.6 Å². The van der Waals surface area contributed by atoms with Gasteiger partial charge < -0.3 is 10.2 Å². The van der Waals surface area contributed by atoms with Gasteiger partial charge in [0.15, 0.2) is 0 Å². The fraction of sp³-hybridized carbons (Fsp3) is 0.0455. The van der Waals surface area contributed by atoms with E-state index in [1.165, 1.54) is 4.90 Å². The topological polar surface area (TPSA) is 73.2 Å². The zero-order chi connectivity index (χ0) is 19.2. The molecule has 0 aliphatic carbocycles. The average Bonchev–Trinajstić information content (AvgIpc) is 2.74. The van der Waals surface area contributed by atoms with Gasteiger partial charge in [0.1, 0.15) is 0 Å². The number of hydrogen-bond donors (Lipinski definition) is 1. The Hall–Kier alpha value is -3.91. The van der Waals surface area contributed by atoms with Crippen LogP contribution in [-0.2, 0) is 0 Å². The van der Waals surface area contributed by atoms with Crippen LogP contribution in [0.4, 0.5) is 11.4 Å². The van der Waals surface area contributed by atoms with Crippen molar-refractivity contribution in [2.75, 3.05) is 17.3 Å². The van der Waals surface area contributed by atoms with E-state index in [1.807, 2.05) is 36.4 Å². The average molecular weight is 355 g/mol. The molecule has 0 bridgehead atoms. The smallest absolute Gasteiger partial charge is 0.258 e. The molecule has 0 aromatic heterocycles. The van der Waals surface area contributed by atoms with Crippen molar-refractivity contribution in [1.29, 1.82) is 5.26 Å². The summed E-state index contributed by atoms with van der Waals surface area (Å²) in [5.74, 6) is -0.522. The molecule has 0 aliphatic heterocycles. The molecule has 0 fully saturated rings. The minimum absolute atomic E-state index is 0.200.